The van der Waals surface area contributed by atoms with Crippen molar-refractivity contribution in [2.45, 2.75) is 64.8 Å². The molecule has 16 heteroatoms. The summed E-state index contributed by atoms with van der Waals surface area (Å²) in [6, 6.07) is 20.0. The van der Waals surface area contributed by atoms with Gasteiger partial charge >= 0.3 is 0 Å². The van der Waals surface area contributed by atoms with Crippen molar-refractivity contribution >= 4 is 34.2 Å². The summed E-state index contributed by atoms with van der Waals surface area (Å²) in [5.41, 5.74) is 7.90. The number of amides is 2. The van der Waals surface area contributed by atoms with Crippen LogP contribution in [-0.2, 0) is 22.7 Å². The summed E-state index contributed by atoms with van der Waals surface area (Å²) >= 11 is 1.59. The van der Waals surface area contributed by atoms with Gasteiger partial charge in [-0.05, 0) is 59.8 Å². The van der Waals surface area contributed by atoms with Gasteiger partial charge in [0.1, 0.15) is 17.7 Å². The molecule has 6 heterocycles. The van der Waals surface area contributed by atoms with Gasteiger partial charge in [-0.15, -0.1) is 21.5 Å². The number of piperazine rings is 1. The van der Waals surface area contributed by atoms with Crippen molar-refractivity contribution < 1.29 is 29.1 Å². The highest BCUT2D eigenvalue weighted by molar-refractivity contribution is 7.13. The minimum Gasteiger partial charge on any atom is -0.507 e. The third kappa shape index (κ3) is 9.36. The van der Waals surface area contributed by atoms with Crippen LogP contribution in [0.15, 0.2) is 76.8 Å². The molecule has 15 nitrogen and oxygen atoms in total. The van der Waals surface area contributed by atoms with Crippen LogP contribution in [0.3, 0.4) is 0 Å². The number of benzene rings is 2. The fraction of sp³-hybridized carbons (Fsp3) is 0.409. The van der Waals surface area contributed by atoms with E-state index in [4.69, 9.17) is 9.26 Å². The van der Waals surface area contributed by atoms with Gasteiger partial charge < -0.3 is 39.6 Å². The molecule has 60 heavy (non-hydrogen) atoms. The van der Waals surface area contributed by atoms with Gasteiger partial charge in [-0.3, -0.25) is 14.5 Å². The summed E-state index contributed by atoms with van der Waals surface area (Å²) < 4.78 is 11.6. The molecule has 0 spiro atoms. The number of phenols is 1. The molecule has 0 radical (unpaired) electrons. The summed E-state index contributed by atoms with van der Waals surface area (Å²) in [4.78, 5) is 42.7. The second-order valence-corrected chi connectivity index (χ2v) is 16.9. The molecule has 4 aromatic heterocycles. The number of para-hydroxylation sites is 1. The summed E-state index contributed by atoms with van der Waals surface area (Å²) in [6.45, 7) is 12.0. The first-order valence-corrected chi connectivity index (χ1v) is 21.4. The largest absolute Gasteiger partial charge is 0.507 e. The first kappa shape index (κ1) is 41.1. The number of aliphatic hydroxyl groups is 1. The molecular formula is C44H51N9O6S. The maximum atomic E-state index is 14.1. The maximum Gasteiger partial charge on any atom is 0.254 e. The zero-order valence-electron chi connectivity index (χ0n) is 34.1. The number of likely N-dealkylation sites (tertiary alicyclic amines) is 1. The number of hydrogen-bond donors (Lipinski definition) is 4. The number of nitrogens with zero attached hydrogens (tertiary/aromatic N) is 7. The number of β-amino-alcohol motifs (C(OH)–C–C–N with tert-alkyl or cyclic N) is 1. The number of aliphatic hydroxyl groups excluding tert-OH is 1. The number of nitrogens with one attached hydrogen (secondary N) is 2. The second-order valence-electron chi connectivity index (χ2n) is 16.0. The Labute approximate surface area is 352 Å². The zero-order valence-corrected chi connectivity index (χ0v) is 34.9. The Kier molecular flexibility index (Phi) is 12.5. The number of fused-ring (bicyclic) bond motifs is 1. The lowest BCUT2D eigenvalue weighted by Gasteiger charge is -2.34. The number of aromatic hydroxyl groups is 1. The van der Waals surface area contributed by atoms with Crippen LogP contribution in [0.2, 0.25) is 0 Å². The van der Waals surface area contributed by atoms with Crippen molar-refractivity contribution in [3.63, 3.8) is 0 Å². The first-order chi connectivity index (χ1) is 29.1. The van der Waals surface area contributed by atoms with Crippen LogP contribution in [0.4, 0.5) is 0 Å². The number of thiazole rings is 1. The van der Waals surface area contributed by atoms with E-state index in [0.29, 0.717) is 36.0 Å². The highest BCUT2D eigenvalue weighted by atomic mass is 32.1. The Balaban J connectivity index is 0.782. The summed E-state index contributed by atoms with van der Waals surface area (Å²) in [6.07, 6.45) is 0.153. The van der Waals surface area contributed by atoms with Gasteiger partial charge in [0.2, 0.25) is 11.8 Å². The fourth-order valence-corrected chi connectivity index (χ4v) is 8.95. The SMILES string of the molecule is Cc1ncsc1-c1ccc(CNC(=O)[C@@H]2C[C@@H](O)CN2C(=O)[C@@H](c2cc(OCCCN3CCN(Cc4cc5cc(-c6ccccc6O)nnc5[nH]4)CC3)no2)C(C)C)cc1. The first-order valence-electron chi connectivity index (χ1n) is 20.5. The number of carbonyl (C=O) groups is 2. The Morgan fingerprint density at radius 3 is 2.57 bits per heavy atom. The number of aryl methyl sites for hydroxylation is 1. The van der Waals surface area contributed by atoms with Crippen LogP contribution in [0.25, 0.3) is 32.7 Å². The molecule has 0 bridgehead atoms. The Morgan fingerprint density at radius 1 is 1.03 bits per heavy atom. The average molecular weight is 834 g/mol. The van der Waals surface area contributed by atoms with Gasteiger partial charge in [0.25, 0.3) is 5.88 Å². The molecule has 0 unspecified atom stereocenters. The summed E-state index contributed by atoms with van der Waals surface area (Å²) in [5.74, 6) is -0.590. The van der Waals surface area contributed by atoms with Crippen LogP contribution >= 0.6 is 11.3 Å². The smallest absolute Gasteiger partial charge is 0.254 e. The summed E-state index contributed by atoms with van der Waals surface area (Å²) in [5, 5.41) is 37.6. The van der Waals surface area contributed by atoms with Gasteiger partial charge in [0, 0.05) is 81.5 Å². The molecule has 2 fully saturated rings. The second kappa shape index (κ2) is 18.3. The molecule has 2 aliphatic heterocycles. The quantitative estimate of drug-likeness (QED) is 0.0974. The van der Waals surface area contributed by atoms with Gasteiger partial charge in [0.05, 0.1) is 34.5 Å². The van der Waals surface area contributed by atoms with E-state index in [1.165, 1.54) is 4.90 Å². The van der Waals surface area contributed by atoms with Gasteiger partial charge in [-0.2, -0.15) is 0 Å². The molecule has 8 rings (SSSR count). The zero-order chi connectivity index (χ0) is 41.8. The van der Waals surface area contributed by atoms with E-state index in [2.05, 4.69) is 46.5 Å². The fourth-order valence-electron chi connectivity index (χ4n) is 8.14. The standard InChI is InChI=1S/C44H51N9O6S/c1-27(2)40(44(57)53-25-33(54)21-36(53)43(56)45-23-29-9-11-30(12-10-29)41-28(3)46-26-60-41)38-22-39(50-59-38)58-18-6-13-51-14-16-52(17-15-51)24-32-19-31-20-35(48-49-42(31)47-32)34-7-4-5-8-37(34)55/h4-5,7-12,19-20,22,26-27,33,36,40,54-55H,6,13-18,21,23-25H2,1-3H3,(H,45,56)(H,47,49)/t33-,36+,40-/m1/s1. The topological polar surface area (TPSA) is 186 Å². The lowest BCUT2D eigenvalue weighted by Crippen LogP contribution is -2.48. The minimum absolute atomic E-state index is 0.0652. The number of aromatic amines is 1. The van der Waals surface area contributed by atoms with Crippen LogP contribution in [0.1, 0.15) is 55.3 Å². The third-order valence-electron chi connectivity index (χ3n) is 11.4. The Bertz CT molecular complexity index is 2400. The molecule has 2 amide bonds. The number of ether oxygens (including phenoxy) is 1. The molecule has 2 aromatic carbocycles. The number of H-pyrrole nitrogens is 1. The molecule has 0 aliphatic carbocycles. The monoisotopic (exact) mass is 833 g/mol. The van der Waals surface area contributed by atoms with E-state index in [0.717, 1.165) is 84.1 Å². The summed E-state index contributed by atoms with van der Waals surface area (Å²) in [7, 11) is 0. The number of rotatable bonds is 15. The number of hydrogen-bond acceptors (Lipinski definition) is 13. The van der Waals surface area contributed by atoms with E-state index >= 15 is 0 Å². The lowest BCUT2D eigenvalue weighted by molar-refractivity contribution is -0.141. The molecular weight excluding hydrogens is 783 g/mol. The predicted octanol–water partition coefficient (Wildman–Crippen LogP) is 5.35. The third-order valence-corrected chi connectivity index (χ3v) is 12.4. The molecule has 3 atom stereocenters. The van der Waals surface area contributed by atoms with Gasteiger partial charge in [0.15, 0.2) is 11.4 Å². The van der Waals surface area contributed by atoms with Crippen molar-refractivity contribution in [2.24, 2.45) is 5.92 Å². The molecule has 4 N–H and O–H groups in total. The van der Waals surface area contributed by atoms with Gasteiger partial charge in [-0.25, -0.2) is 4.98 Å². The number of carbonyl (C=O) groups excluding carboxylic acids is 2. The van der Waals surface area contributed by atoms with Crippen molar-refractivity contribution in [3.8, 4) is 33.3 Å². The average Bonchev–Trinajstić information content (AvgIpc) is 4.06. The molecule has 2 aliphatic rings. The van der Waals surface area contributed by atoms with Gasteiger partial charge in [-0.1, -0.05) is 50.2 Å². The van der Waals surface area contributed by atoms with Crippen LogP contribution in [0.5, 0.6) is 11.6 Å². The van der Waals surface area contributed by atoms with Crippen LogP contribution in [0, 0.1) is 12.8 Å². The highest BCUT2D eigenvalue weighted by Crippen LogP contribution is 2.33. The minimum atomic E-state index is -0.808. The Morgan fingerprint density at radius 2 is 1.82 bits per heavy atom. The maximum absolute atomic E-state index is 14.1. The van der Waals surface area contributed by atoms with E-state index in [1.54, 1.807) is 29.5 Å². The predicted molar refractivity (Wildman–Crippen MR) is 227 cm³/mol. The number of aromatic nitrogens is 5. The Hall–Kier alpha value is -5.68. The lowest BCUT2D eigenvalue weighted by atomic mass is 9.91. The molecule has 314 valence electrons. The van der Waals surface area contributed by atoms with Crippen LogP contribution in [-0.4, -0.2) is 120 Å². The van der Waals surface area contributed by atoms with Crippen molar-refractivity contribution in [1.29, 1.82) is 0 Å². The van der Waals surface area contributed by atoms with Crippen molar-refractivity contribution in [1.82, 2.24) is 45.3 Å². The van der Waals surface area contributed by atoms with Crippen LogP contribution < -0.4 is 10.1 Å². The highest BCUT2D eigenvalue weighted by Gasteiger charge is 2.43. The van der Waals surface area contributed by atoms with E-state index in [1.807, 2.05) is 68.7 Å². The number of phenolic OH excluding ortho intramolecular Hbond substituents is 1. The van der Waals surface area contributed by atoms with Crippen molar-refractivity contribution in [3.05, 3.63) is 95.0 Å². The van der Waals surface area contributed by atoms with E-state index in [9.17, 15) is 19.8 Å². The van der Waals surface area contributed by atoms with Crippen molar-refractivity contribution in [2.75, 3.05) is 45.9 Å². The van der Waals surface area contributed by atoms with E-state index < -0.39 is 18.1 Å². The van der Waals surface area contributed by atoms with E-state index in [-0.39, 0.29) is 36.4 Å². The molecule has 6 aromatic rings. The molecule has 2 saturated heterocycles. The molecule has 0 saturated carbocycles. The normalized spacial score (nSPS) is 18.1.